The van der Waals surface area contributed by atoms with Gasteiger partial charge in [0, 0.05) is 25.0 Å². The molecule has 1 saturated heterocycles. The Balaban J connectivity index is 1.99. The molecule has 118 valence electrons. The lowest BCUT2D eigenvalue weighted by Crippen LogP contribution is -2.41. The molecule has 0 bridgehead atoms. The fourth-order valence-corrected chi connectivity index (χ4v) is 2.76. The first-order valence-corrected chi connectivity index (χ1v) is 7.82. The molecule has 0 spiro atoms. The van der Waals surface area contributed by atoms with Crippen LogP contribution in [0.25, 0.3) is 5.69 Å². The van der Waals surface area contributed by atoms with Gasteiger partial charge in [-0.25, -0.2) is 0 Å². The molecule has 1 aliphatic heterocycles. The Hall–Kier alpha value is -2.58. The summed E-state index contributed by atoms with van der Waals surface area (Å²) < 4.78 is 7.10. The molecule has 2 heterocycles. The molecule has 0 aliphatic carbocycles. The number of rotatable bonds is 3. The first kappa shape index (κ1) is 15.3. The number of amides is 1. The van der Waals surface area contributed by atoms with Crippen LogP contribution in [0.15, 0.2) is 36.5 Å². The molecule has 0 radical (unpaired) electrons. The summed E-state index contributed by atoms with van der Waals surface area (Å²) in [4.78, 5) is 14.6. The van der Waals surface area contributed by atoms with Crippen molar-refractivity contribution >= 4 is 5.91 Å². The van der Waals surface area contributed by atoms with Crippen LogP contribution in [0, 0.1) is 11.3 Å². The molecular weight excluding hydrogens is 290 g/mol. The van der Waals surface area contributed by atoms with Gasteiger partial charge in [0.05, 0.1) is 18.8 Å². The van der Waals surface area contributed by atoms with Gasteiger partial charge < -0.3 is 14.2 Å². The highest BCUT2D eigenvalue weighted by Crippen LogP contribution is 2.20. The molecule has 1 aromatic heterocycles. The average Bonchev–Trinajstić information content (AvgIpc) is 3.06. The van der Waals surface area contributed by atoms with Gasteiger partial charge in [-0.15, -0.1) is 0 Å². The molecule has 5 nitrogen and oxygen atoms in total. The zero-order chi connectivity index (χ0) is 16.2. The molecule has 5 heteroatoms. The van der Waals surface area contributed by atoms with E-state index in [1.165, 1.54) is 5.56 Å². The van der Waals surface area contributed by atoms with E-state index in [1.807, 2.05) is 24.3 Å². The maximum Gasteiger partial charge on any atom is 0.272 e. The normalized spacial score (nSPS) is 14.5. The van der Waals surface area contributed by atoms with E-state index in [4.69, 9.17) is 4.74 Å². The van der Waals surface area contributed by atoms with Crippen molar-refractivity contribution in [1.82, 2.24) is 9.47 Å². The van der Waals surface area contributed by atoms with E-state index >= 15 is 0 Å². The number of hydrogen-bond donors (Lipinski definition) is 0. The molecule has 2 aromatic rings. The third-order valence-electron chi connectivity index (χ3n) is 4.13. The Morgan fingerprint density at radius 1 is 1.22 bits per heavy atom. The molecular formula is C18H19N3O2. The predicted molar refractivity (Wildman–Crippen MR) is 86.6 cm³/mol. The topological polar surface area (TPSA) is 58.3 Å². The van der Waals surface area contributed by atoms with Gasteiger partial charge in [0.1, 0.15) is 11.8 Å². The molecule has 0 saturated carbocycles. The van der Waals surface area contributed by atoms with Crippen LogP contribution in [0.3, 0.4) is 0 Å². The standard InChI is InChI=1S/C18H19N3O2/c1-2-14-3-5-16(6-4-14)21-8-7-15(13-19)17(21)18(22)20-9-11-23-12-10-20/h3-8H,2,9-12H2,1H3. The Labute approximate surface area is 135 Å². The summed E-state index contributed by atoms with van der Waals surface area (Å²) in [7, 11) is 0. The first-order valence-electron chi connectivity index (χ1n) is 7.82. The molecule has 1 fully saturated rings. The zero-order valence-electron chi connectivity index (χ0n) is 13.2. The number of hydrogen-bond acceptors (Lipinski definition) is 3. The third-order valence-corrected chi connectivity index (χ3v) is 4.13. The van der Waals surface area contributed by atoms with Crippen LogP contribution in [0.4, 0.5) is 0 Å². The number of ether oxygens (including phenoxy) is 1. The van der Waals surface area contributed by atoms with Crippen molar-refractivity contribution in [2.75, 3.05) is 26.3 Å². The van der Waals surface area contributed by atoms with Crippen LogP contribution < -0.4 is 0 Å². The van der Waals surface area contributed by atoms with Gasteiger partial charge in [0.2, 0.25) is 0 Å². The van der Waals surface area contributed by atoms with Gasteiger partial charge in [-0.1, -0.05) is 19.1 Å². The summed E-state index contributed by atoms with van der Waals surface area (Å²) in [6.07, 6.45) is 2.75. The quantitative estimate of drug-likeness (QED) is 0.874. The van der Waals surface area contributed by atoms with Crippen LogP contribution in [0.5, 0.6) is 0 Å². The fraction of sp³-hybridized carbons (Fsp3) is 0.333. The molecule has 1 aliphatic rings. The highest BCUT2D eigenvalue weighted by Gasteiger charge is 2.25. The van der Waals surface area contributed by atoms with Gasteiger partial charge in [-0.2, -0.15) is 5.26 Å². The fourth-order valence-electron chi connectivity index (χ4n) is 2.76. The average molecular weight is 309 g/mol. The smallest absolute Gasteiger partial charge is 0.272 e. The van der Waals surface area contributed by atoms with Gasteiger partial charge >= 0.3 is 0 Å². The number of aryl methyl sites for hydroxylation is 1. The molecule has 1 aromatic carbocycles. The van der Waals surface area contributed by atoms with Crippen molar-refractivity contribution in [3.8, 4) is 11.8 Å². The minimum absolute atomic E-state index is 0.116. The van der Waals surface area contributed by atoms with E-state index in [1.54, 1.807) is 21.7 Å². The second-order valence-corrected chi connectivity index (χ2v) is 5.48. The maximum atomic E-state index is 12.9. The van der Waals surface area contributed by atoms with Gasteiger partial charge in [-0.3, -0.25) is 4.79 Å². The van der Waals surface area contributed by atoms with E-state index in [2.05, 4.69) is 13.0 Å². The minimum atomic E-state index is -0.116. The Kier molecular flexibility index (Phi) is 4.45. The zero-order valence-corrected chi connectivity index (χ0v) is 13.2. The largest absolute Gasteiger partial charge is 0.378 e. The molecule has 0 unspecified atom stereocenters. The SMILES string of the molecule is CCc1ccc(-n2ccc(C#N)c2C(=O)N2CCOCC2)cc1. The Morgan fingerprint density at radius 3 is 2.52 bits per heavy atom. The molecule has 3 rings (SSSR count). The Morgan fingerprint density at radius 2 is 1.91 bits per heavy atom. The van der Waals surface area contributed by atoms with Crippen molar-refractivity contribution in [2.45, 2.75) is 13.3 Å². The van der Waals surface area contributed by atoms with Crippen LogP contribution in [0.1, 0.15) is 28.5 Å². The minimum Gasteiger partial charge on any atom is -0.378 e. The van der Waals surface area contributed by atoms with Gasteiger partial charge in [0.25, 0.3) is 5.91 Å². The van der Waals surface area contributed by atoms with Crippen molar-refractivity contribution in [3.63, 3.8) is 0 Å². The second-order valence-electron chi connectivity index (χ2n) is 5.48. The monoisotopic (exact) mass is 309 g/mol. The lowest BCUT2D eigenvalue weighted by atomic mass is 10.1. The van der Waals surface area contributed by atoms with Gasteiger partial charge in [-0.05, 0) is 30.2 Å². The van der Waals surface area contributed by atoms with Gasteiger partial charge in [0.15, 0.2) is 0 Å². The third kappa shape index (κ3) is 2.99. The van der Waals surface area contributed by atoms with E-state index in [-0.39, 0.29) is 5.91 Å². The van der Waals surface area contributed by atoms with E-state index in [0.29, 0.717) is 37.6 Å². The molecule has 23 heavy (non-hydrogen) atoms. The van der Waals surface area contributed by atoms with E-state index in [9.17, 15) is 10.1 Å². The van der Waals surface area contributed by atoms with E-state index < -0.39 is 0 Å². The summed E-state index contributed by atoms with van der Waals surface area (Å²) in [6.45, 7) is 4.30. The number of aromatic nitrogens is 1. The maximum absolute atomic E-state index is 12.9. The molecule has 0 atom stereocenters. The van der Waals surface area contributed by atoms with Crippen molar-refractivity contribution < 1.29 is 9.53 Å². The molecule has 1 amide bonds. The summed E-state index contributed by atoms with van der Waals surface area (Å²) in [5.74, 6) is -0.116. The van der Waals surface area contributed by atoms with Crippen LogP contribution in [-0.4, -0.2) is 41.7 Å². The van der Waals surface area contributed by atoms with E-state index in [0.717, 1.165) is 12.1 Å². The summed E-state index contributed by atoms with van der Waals surface area (Å²) in [6, 6.07) is 11.9. The first-order chi connectivity index (χ1) is 11.2. The molecule has 0 N–H and O–H groups in total. The van der Waals surface area contributed by atoms with Crippen molar-refractivity contribution in [3.05, 3.63) is 53.3 Å². The Bertz CT molecular complexity index is 735. The number of carbonyl (C=O) groups is 1. The lowest BCUT2D eigenvalue weighted by Gasteiger charge is -2.27. The van der Waals surface area contributed by atoms with Crippen LogP contribution in [0.2, 0.25) is 0 Å². The number of benzene rings is 1. The van der Waals surface area contributed by atoms with Crippen LogP contribution in [-0.2, 0) is 11.2 Å². The highest BCUT2D eigenvalue weighted by atomic mass is 16.5. The number of carbonyl (C=O) groups excluding carboxylic acids is 1. The van der Waals surface area contributed by atoms with Crippen molar-refractivity contribution in [1.29, 1.82) is 5.26 Å². The second kappa shape index (κ2) is 6.67. The lowest BCUT2D eigenvalue weighted by molar-refractivity contribution is 0.0297. The highest BCUT2D eigenvalue weighted by molar-refractivity contribution is 5.96. The number of nitrogens with zero attached hydrogens (tertiary/aromatic N) is 3. The number of nitriles is 1. The van der Waals surface area contributed by atoms with Crippen LogP contribution >= 0.6 is 0 Å². The predicted octanol–water partition coefficient (Wildman–Crippen LogP) is 2.38. The summed E-state index contributed by atoms with van der Waals surface area (Å²) in [5, 5.41) is 9.35. The van der Waals surface area contributed by atoms with Crippen molar-refractivity contribution in [2.24, 2.45) is 0 Å². The number of morpholine rings is 1. The summed E-state index contributed by atoms with van der Waals surface area (Å²) in [5.41, 5.74) is 2.96. The summed E-state index contributed by atoms with van der Waals surface area (Å²) >= 11 is 0.